The first-order valence-corrected chi connectivity index (χ1v) is 9.31. The number of ether oxygens (including phenoxy) is 1. The molecule has 150 valence electrons. The van der Waals surface area contributed by atoms with Gasteiger partial charge in [0.25, 0.3) is 0 Å². The molecule has 7 heteroatoms. The third-order valence-corrected chi connectivity index (χ3v) is 4.85. The van der Waals surface area contributed by atoms with Crippen molar-refractivity contribution >= 4 is 11.6 Å². The zero-order valence-corrected chi connectivity index (χ0v) is 15.9. The summed E-state index contributed by atoms with van der Waals surface area (Å²) in [6, 6.07) is 16.6. The summed E-state index contributed by atoms with van der Waals surface area (Å²) in [7, 11) is 1.76. The molecule has 1 aliphatic rings. The fraction of sp³-hybridized carbons (Fsp3) is 0.381. The molecule has 0 saturated carbocycles. The summed E-state index contributed by atoms with van der Waals surface area (Å²) in [5.74, 6) is 0.157. The van der Waals surface area contributed by atoms with E-state index in [1.165, 1.54) is 17.8 Å². The molecule has 0 aromatic heterocycles. The van der Waals surface area contributed by atoms with Gasteiger partial charge in [-0.15, -0.1) is 0 Å². The Bertz CT molecular complexity index is 748. The van der Waals surface area contributed by atoms with Crippen molar-refractivity contribution in [3.05, 3.63) is 60.2 Å². The molecule has 2 aromatic rings. The number of rotatable bonds is 7. The van der Waals surface area contributed by atoms with Gasteiger partial charge >= 0.3 is 6.61 Å². The summed E-state index contributed by atoms with van der Waals surface area (Å²) < 4.78 is 28.7. The molecule has 1 heterocycles. The number of alkyl halides is 2. The molecule has 0 unspecified atom stereocenters. The van der Waals surface area contributed by atoms with Gasteiger partial charge in [0.1, 0.15) is 5.75 Å². The van der Waals surface area contributed by atoms with Gasteiger partial charge in [0, 0.05) is 45.5 Å². The van der Waals surface area contributed by atoms with Crippen LogP contribution in [0.2, 0.25) is 0 Å². The van der Waals surface area contributed by atoms with Gasteiger partial charge in [-0.25, -0.2) is 0 Å². The quantitative estimate of drug-likeness (QED) is 0.729. The highest BCUT2D eigenvalue weighted by molar-refractivity contribution is 5.78. The Morgan fingerprint density at radius 2 is 1.68 bits per heavy atom. The van der Waals surface area contributed by atoms with Crippen LogP contribution >= 0.6 is 0 Å². The first kappa shape index (κ1) is 20.1. The van der Waals surface area contributed by atoms with E-state index in [-0.39, 0.29) is 11.7 Å². The highest BCUT2D eigenvalue weighted by Crippen LogP contribution is 2.17. The number of anilines is 1. The van der Waals surface area contributed by atoms with Crippen molar-refractivity contribution in [1.82, 2.24) is 9.80 Å². The van der Waals surface area contributed by atoms with Crippen molar-refractivity contribution < 1.29 is 18.3 Å². The van der Waals surface area contributed by atoms with Gasteiger partial charge in [-0.2, -0.15) is 8.78 Å². The Morgan fingerprint density at radius 3 is 2.29 bits per heavy atom. The highest BCUT2D eigenvalue weighted by Gasteiger charge is 2.20. The van der Waals surface area contributed by atoms with Gasteiger partial charge in [-0.05, 0) is 29.8 Å². The number of hydrogen-bond acceptors (Lipinski definition) is 4. The topological polar surface area (TPSA) is 36.0 Å². The second-order valence-corrected chi connectivity index (χ2v) is 6.87. The summed E-state index contributed by atoms with van der Waals surface area (Å²) >= 11 is 0. The molecule has 1 fully saturated rings. The number of likely N-dealkylation sites (N-methyl/N-ethyl adjacent to an activating group) is 1. The molecule has 28 heavy (non-hydrogen) atoms. The van der Waals surface area contributed by atoms with Crippen molar-refractivity contribution in [3.8, 4) is 5.75 Å². The third-order valence-electron chi connectivity index (χ3n) is 4.85. The normalized spacial score (nSPS) is 14.9. The van der Waals surface area contributed by atoms with E-state index in [2.05, 4.69) is 26.7 Å². The molecule has 0 aliphatic carbocycles. The lowest BCUT2D eigenvalue weighted by Gasteiger charge is -2.36. The van der Waals surface area contributed by atoms with Crippen LogP contribution in [0.25, 0.3) is 0 Å². The Kier molecular flexibility index (Phi) is 6.81. The van der Waals surface area contributed by atoms with E-state index in [1.807, 2.05) is 18.2 Å². The molecular weight excluding hydrogens is 364 g/mol. The molecular formula is C21H25F2N3O2. The Hall–Kier alpha value is -2.67. The number of carbonyl (C=O) groups excluding carboxylic acids is 1. The van der Waals surface area contributed by atoms with Crippen LogP contribution in [0.5, 0.6) is 5.75 Å². The average molecular weight is 389 g/mol. The number of para-hydroxylation sites is 1. The van der Waals surface area contributed by atoms with E-state index in [1.54, 1.807) is 24.1 Å². The van der Waals surface area contributed by atoms with E-state index in [9.17, 15) is 13.6 Å². The number of benzene rings is 2. The maximum atomic E-state index is 12.5. The van der Waals surface area contributed by atoms with E-state index >= 15 is 0 Å². The first-order valence-electron chi connectivity index (χ1n) is 9.31. The van der Waals surface area contributed by atoms with Crippen LogP contribution in [0, 0.1) is 0 Å². The van der Waals surface area contributed by atoms with Gasteiger partial charge in [0.2, 0.25) is 5.91 Å². The molecule has 5 nitrogen and oxygen atoms in total. The zero-order valence-electron chi connectivity index (χ0n) is 15.9. The molecule has 3 rings (SSSR count). The lowest BCUT2D eigenvalue weighted by Crippen LogP contribution is -2.49. The highest BCUT2D eigenvalue weighted by atomic mass is 19.3. The molecule has 1 amide bonds. The second kappa shape index (κ2) is 9.50. The minimum atomic E-state index is -2.84. The SMILES string of the molecule is CN(Cc1ccc(OC(F)F)cc1)C(=O)CN1CCN(c2ccccc2)CC1. The number of carbonyl (C=O) groups is 1. The average Bonchev–Trinajstić information content (AvgIpc) is 2.70. The maximum absolute atomic E-state index is 12.5. The van der Waals surface area contributed by atoms with Crippen LogP contribution in [0.15, 0.2) is 54.6 Å². The predicted octanol–water partition coefficient (Wildman–Crippen LogP) is 3.07. The summed E-state index contributed by atoms with van der Waals surface area (Å²) in [5.41, 5.74) is 2.08. The van der Waals surface area contributed by atoms with Crippen molar-refractivity contribution in [2.24, 2.45) is 0 Å². The van der Waals surface area contributed by atoms with Crippen LogP contribution in [-0.2, 0) is 11.3 Å². The van der Waals surface area contributed by atoms with Gasteiger partial charge in [0.15, 0.2) is 0 Å². The van der Waals surface area contributed by atoms with Gasteiger partial charge < -0.3 is 14.5 Å². The van der Waals surface area contributed by atoms with Crippen LogP contribution in [-0.4, -0.2) is 62.1 Å². The Morgan fingerprint density at radius 1 is 1.04 bits per heavy atom. The fourth-order valence-corrected chi connectivity index (χ4v) is 3.25. The van der Waals surface area contributed by atoms with Crippen molar-refractivity contribution in [3.63, 3.8) is 0 Å². The Balaban J connectivity index is 1.44. The molecule has 2 aromatic carbocycles. The monoisotopic (exact) mass is 389 g/mol. The number of piperazine rings is 1. The van der Waals surface area contributed by atoms with Crippen molar-refractivity contribution in [2.45, 2.75) is 13.2 Å². The van der Waals surface area contributed by atoms with Gasteiger partial charge in [-0.1, -0.05) is 30.3 Å². The largest absolute Gasteiger partial charge is 0.435 e. The van der Waals surface area contributed by atoms with E-state index in [4.69, 9.17) is 0 Å². The smallest absolute Gasteiger partial charge is 0.387 e. The number of hydrogen-bond donors (Lipinski definition) is 0. The first-order chi connectivity index (χ1) is 13.5. The van der Waals surface area contributed by atoms with Crippen LogP contribution in [0.3, 0.4) is 0 Å². The number of nitrogens with zero attached hydrogens (tertiary/aromatic N) is 3. The lowest BCUT2D eigenvalue weighted by molar-refractivity contribution is -0.131. The van der Waals surface area contributed by atoms with Crippen LogP contribution < -0.4 is 9.64 Å². The molecule has 0 bridgehead atoms. The van der Waals surface area contributed by atoms with Crippen LogP contribution in [0.4, 0.5) is 14.5 Å². The summed E-state index contributed by atoms with van der Waals surface area (Å²) in [4.78, 5) is 18.7. The van der Waals surface area contributed by atoms with E-state index in [0.29, 0.717) is 13.1 Å². The third kappa shape index (κ3) is 5.66. The summed E-state index contributed by atoms with van der Waals surface area (Å²) in [6.07, 6.45) is 0. The second-order valence-electron chi connectivity index (χ2n) is 6.87. The maximum Gasteiger partial charge on any atom is 0.387 e. The minimum Gasteiger partial charge on any atom is -0.435 e. The van der Waals surface area contributed by atoms with Gasteiger partial charge in [0.05, 0.1) is 6.54 Å². The molecule has 0 N–H and O–H groups in total. The summed E-state index contributed by atoms with van der Waals surface area (Å²) in [5, 5.41) is 0. The molecule has 0 spiro atoms. The molecule has 1 aliphatic heterocycles. The zero-order chi connectivity index (χ0) is 19.9. The number of amides is 1. The predicted molar refractivity (Wildman–Crippen MR) is 105 cm³/mol. The van der Waals surface area contributed by atoms with Crippen molar-refractivity contribution in [1.29, 1.82) is 0 Å². The fourth-order valence-electron chi connectivity index (χ4n) is 3.25. The van der Waals surface area contributed by atoms with E-state index in [0.717, 1.165) is 31.7 Å². The molecule has 0 radical (unpaired) electrons. The molecule has 1 saturated heterocycles. The Labute approximate surface area is 164 Å². The summed E-state index contributed by atoms with van der Waals surface area (Å²) in [6.45, 7) is 1.45. The van der Waals surface area contributed by atoms with Crippen molar-refractivity contribution in [2.75, 3.05) is 44.7 Å². The standard InChI is InChI=1S/C21H25F2N3O2/c1-24(15-17-7-9-19(10-8-17)28-21(22)23)20(27)16-25-11-13-26(14-12-25)18-5-3-2-4-6-18/h2-10,21H,11-16H2,1H3. The number of halogens is 2. The van der Waals surface area contributed by atoms with E-state index < -0.39 is 6.61 Å². The van der Waals surface area contributed by atoms with Crippen LogP contribution in [0.1, 0.15) is 5.56 Å². The molecule has 0 atom stereocenters. The minimum absolute atomic E-state index is 0.0427. The lowest BCUT2D eigenvalue weighted by atomic mass is 10.2. The van der Waals surface area contributed by atoms with Gasteiger partial charge in [-0.3, -0.25) is 9.69 Å².